The summed E-state index contributed by atoms with van der Waals surface area (Å²) in [7, 11) is 0. The molecule has 0 N–H and O–H groups in total. The third-order valence-corrected chi connectivity index (χ3v) is 2.25. The van der Waals surface area contributed by atoms with E-state index in [1.165, 1.54) is 9.27 Å². The van der Waals surface area contributed by atoms with Crippen molar-refractivity contribution < 1.29 is 0 Å². The zero-order valence-electron chi connectivity index (χ0n) is 6.76. The summed E-state index contributed by atoms with van der Waals surface area (Å²) in [6.07, 6.45) is 0.735. The van der Waals surface area contributed by atoms with Crippen LogP contribution in [0, 0.1) is 0 Å². The van der Waals surface area contributed by atoms with Crippen molar-refractivity contribution in [1.82, 2.24) is 19.2 Å². The standard InChI is InChI=1S/C8H7BrN4/c9-13-8(10-11-12-13)6-7-4-2-1-3-5-7/h1-5H,6H2. The van der Waals surface area contributed by atoms with Gasteiger partial charge in [0.05, 0.1) is 16.1 Å². The zero-order valence-corrected chi connectivity index (χ0v) is 8.35. The third kappa shape index (κ3) is 1.92. The molecule has 0 aliphatic carbocycles. The Hall–Kier alpha value is -1.23. The van der Waals surface area contributed by atoms with Crippen LogP contribution in [0.5, 0.6) is 0 Å². The molecule has 0 fully saturated rings. The minimum absolute atomic E-state index is 0.735. The fraction of sp³-hybridized carbons (Fsp3) is 0.125. The highest BCUT2D eigenvalue weighted by Gasteiger charge is 2.03. The van der Waals surface area contributed by atoms with Gasteiger partial charge in [-0.25, -0.2) is 0 Å². The van der Waals surface area contributed by atoms with Crippen LogP contribution < -0.4 is 0 Å². The molecule has 2 rings (SSSR count). The smallest absolute Gasteiger partial charge is 0.161 e. The fourth-order valence-corrected chi connectivity index (χ4v) is 1.33. The SMILES string of the molecule is Brn1nnnc1Cc1ccccc1. The van der Waals surface area contributed by atoms with Crippen molar-refractivity contribution >= 4 is 16.1 Å². The van der Waals surface area contributed by atoms with Crippen LogP contribution in [0.3, 0.4) is 0 Å². The molecular formula is C8H7BrN4. The summed E-state index contributed by atoms with van der Waals surface area (Å²) in [6.45, 7) is 0. The second kappa shape index (κ2) is 3.66. The molecule has 5 heteroatoms. The lowest BCUT2D eigenvalue weighted by Gasteiger charge is -1.96. The molecule has 0 spiro atoms. The first-order chi connectivity index (χ1) is 6.36. The molecule has 1 heterocycles. The second-order valence-electron chi connectivity index (χ2n) is 2.62. The minimum Gasteiger partial charge on any atom is -0.161 e. The minimum atomic E-state index is 0.735. The normalized spacial score (nSPS) is 10.2. The van der Waals surface area contributed by atoms with E-state index in [9.17, 15) is 0 Å². The molecule has 66 valence electrons. The summed E-state index contributed by atoms with van der Waals surface area (Å²) in [6, 6.07) is 10.1. The summed E-state index contributed by atoms with van der Waals surface area (Å²) in [5.41, 5.74) is 1.19. The predicted molar refractivity (Wildman–Crippen MR) is 51.4 cm³/mol. The monoisotopic (exact) mass is 238 g/mol. The number of hydrogen-bond acceptors (Lipinski definition) is 3. The number of benzene rings is 1. The van der Waals surface area contributed by atoms with Gasteiger partial charge in [0, 0.05) is 6.42 Å². The van der Waals surface area contributed by atoms with Gasteiger partial charge in [-0.3, -0.25) is 0 Å². The van der Waals surface area contributed by atoms with Crippen LogP contribution in [0.15, 0.2) is 30.3 Å². The lowest BCUT2D eigenvalue weighted by molar-refractivity contribution is 0.859. The molecule has 0 aliphatic rings. The molecule has 0 unspecified atom stereocenters. The number of aromatic nitrogens is 4. The van der Waals surface area contributed by atoms with E-state index in [1.54, 1.807) is 0 Å². The molecule has 0 amide bonds. The number of tetrazole rings is 1. The van der Waals surface area contributed by atoms with Crippen LogP contribution in [0.4, 0.5) is 0 Å². The molecule has 1 aromatic carbocycles. The Bertz CT molecular complexity index is 384. The van der Waals surface area contributed by atoms with E-state index in [4.69, 9.17) is 0 Å². The van der Waals surface area contributed by atoms with Crippen molar-refractivity contribution in [3.8, 4) is 0 Å². The molecule has 2 aromatic rings. The summed E-state index contributed by atoms with van der Waals surface area (Å²) in [5, 5.41) is 11.1. The quantitative estimate of drug-likeness (QED) is 0.795. The maximum Gasteiger partial charge on any atom is 0.168 e. The summed E-state index contributed by atoms with van der Waals surface area (Å²) in [4.78, 5) is 0. The highest BCUT2D eigenvalue weighted by Crippen LogP contribution is 2.06. The van der Waals surface area contributed by atoms with Crippen molar-refractivity contribution in [3.63, 3.8) is 0 Å². The maximum atomic E-state index is 3.87. The van der Waals surface area contributed by atoms with E-state index >= 15 is 0 Å². The number of nitrogens with zero attached hydrogens (tertiary/aromatic N) is 4. The molecule has 0 atom stereocenters. The van der Waals surface area contributed by atoms with Gasteiger partial charge in [-0.2, -0.15) is 3.71 Å². The highest BCUT2D eigenvalue weighted by atomic mass is 79.9. The molecule has 0 saturated carbocycles. The largest absolute Gasteiger partial charge is 0.168 e. The molecule has 0 radical (unpaired) electrons. The first-order valence-electron chi connectivity index (χ1n) is 3.83. The van der Waals surface area contributed by atoms with Crippen LogP contribution in [0.2, 0.25) is 0 Å². The van der Waals surface area contributed by atoms with Crippen LogP contribution in [-0.4, -0.2) is 19.2 Å². The van der Waals surface area contributed by atoms with Gasteiger partial charge in [0.25, 0.3) is 0 Å². The van der Waals surface area contributed by atoms with Gasteiger partial charge in [-0.1, -0.05) is 30.3 Å². The van der Waals surface area contributed by atoms with Crippen LogP contribution >= 0.6 is 16.1 Å². The Morgan fingerprint density at radius 2 is 2.00 bits per heavy atom. The fourth-order valence-electron chi connectivity index (χ4n) is 1.07. The zero-order chi connectivity index (χ0) is 9.10. The topological polar surface area (TPSA) is 43.6 Å². The Labute approximate surface area is 83.9 Å². The number of halogens is 1. The molecule has 13 heavy (non-hydrogen) atoms. The van der Waals surface area contributed by atoms with Crippen LogP contribution in [-0.2, 0) is 6.42 Å². The van der Waals surface area contributed by atoms with E-state index in [2.05, 4.69) is 31.7 Å². The lowest BCUT2D eigenvalue weighted by atomic mass is 10.1. The van der Waals surface area contributed by atoms with Gasteiger partial charge < -0.3 is 0 Å². The highest BCUT2D eigenvalue weighted by molar-refractivity contribution is 9.08. The van der Waals surface area contributed by atoms with Gasteiger partial charge >= 0.3 is 0 Å². The van der Waals surface area contributed by atoms with Crippen molar-refractivity contribution in [2.75, 3.05) is 0 Å². The summed E-state index contributed by atoms with van der Waals surface area (Å²) >= 11 is 3.20. The average molecular weight is 239 g/mol. The van der Waals surface area contributed by atoms with E-state index < -0.39 is 0 Å². The van der Waals surface area contributed by atoms with Gasteiger partial charge in [0.15, 0.2) is 5.82 Å². The molecule has 4 nitrogen and oxygen atoms in total. The van der Waals surface area contributed by atoms with Gasteiger partial charge in [-0.15, -0.1) is 5.10 Å². The predicted octanol–water partition coefficient (Wildman–Crippen LogP) is 1.42. The van der Waals surface area contributed by atoms with Crippen molar-refractivity contribution in [3.05, 3.63) is 41.7 Å². The first-order valence-corrected chi connectivity index (χ1v) is 4.54. The van der Waals surface area contributed by atoms with Crippen molar-refractivity contribution in [1.29, 1.82) is 0 Å². The Morgan fingerprint density at radius 1 is 1.23 bits per heavy atom. The number of rotatable bonds is 2. The molecule has 0 bridgehead atoms. The van der Waals surface area contributed by atoms with E-state index in [-0.39, 0.29) is 0 Å². The van der Waals surface area contributed by atoms with Gasteiger partial charge in [0.1, 0.15) is 0 Å². The van der Waals surface area contributed by atoms with Crippen molar-refractivity contribution in [2.24, 2.45) is 0 Å². The third-order valence-electron chi connectivity index (χ3n) is 1.70. The first kappa shape index (κ1) is 8.37. The van der Waals surface area contributed by atoms with E-state index in [1.807, 2.05) is 30.3 Å². The number of hydrogen-bond donors (Lipinski definition) is 0. The molecule has 0 aliphatic heterocycles. The Balaban J connectivity index is 2.20. The van der Waals surface area contributed by atoms with E-state index in [0.717, 1.165) is 12.2 Å². The lowest BCUT2D eigenvalue weighted by Crippen LogP contribution is -1.95. The maximum absolute atomic E-state index is 3.87. The second-order valence-corrected chi connectivity index (χ2v) is 3.29. The Kier molecular flexibility index (Phi) is 2.35. The van der Waals surface area contributed by atoms with Gasteiger partial charge in [0.2, 0.25) is 0 Å². The van der Waals surface area contributed by atoms with Crippen LogP contribution in [0.1, 0.15) is 11.4 Å². The van der Waals surface area contributed by atoms with Crippen molar-refractivity contribution in [2.45, 2.75) is 6.42 Å². The molecule has 1 aromatic heterocycles. The Morgan fingerprint density at radius 3 is 2.62 bits per heavy atom. The molecular weight excluding hydrogens is 232 g/mol. The summed E-state index contributed by atoms with van der Waals surface area (Å²) < 4.78 is 1.50. The van der Waals surface area contributed by atoms with Gasteiger partial charge in [-0.05, 0) is 16.0 Å². The molecule has 0 saturated heterocycles. The average Bonchev–Trinajstić information content (AvgIpc) is 2.54. The van der Waals surface area contributed by atoms with E-state index in [0.29, 0.717) is 0 Å². The van der Waals surface area contributed by atoms with Crippen LogP contribution in [0.25, 0.3) is 0 Å². The summed E-state index contributed by atoms with van der Waals surface area (Å²) in [5.74, 6) is 0.797.